The fourth-order valence-corrected chi connectivity index (χ4v) is 9.83. The molecule has 0 bridgehead atoms. The van der Waals surface area contributed by atoms with Crippen molar-refractivity contribution in [1.29, 1.82) is 0 Å². The predicted molar refractivity (Wildman–Crippen MR) is 219 cm³/mol. The first-order chi connectivity index (χ1) is 24.2. The minimum absolute atomic E-state index is 0.142. The largest absolute Gasteiger partial charge is 0.508 e. The summed E-state index contributed by atoms with van der Waals surface area (Å²) in [6.07, 6.45) is 7.09. The fraction of sp³-hybridized carbons (Fsp3) is 0.641. The number of hydrogen-bond acceptors (Lipinski definition) is 9. The molecule has 0 fully saturated rings. The molecule has 0 N–H and O–H groups in total. The molecule has 0 aliphatic rings. The van der Waals surface area contributed by atoms with Crippen LogP contribution in [0.5, 0.6) is 0 Å². The van der Waals surface area contributed by atoms with Gasteiger partial charge in [0.25, 0.3) is 0 Å². The van der Waals surface area contributed by atoms with E-state index < -0.39 is 60.5 Å². The molecule has 0 aromatic carbocycles. The van der Waals surface area contributed by atoms with Crippen LogP contribution in [-0.2, 0) is 28.2 Å². The van der Waals surface area contributed by atoms with Gasteiger partial charge in [-0.1, -0.05) is 113 Å². The Bertz CT molecular complexity index is 1410. The summed E-state index contributed by atoms with van der Waals surface area (Å²) in [5.41, 5.74) is 1.52. The molecular formula is C39H60Cl3NO7SSi. The maximum absolute atomic E-state index is 14.6. The Morgan fingerprint density at radius 1 is 1.04 bits per heavy atom. The summed E-state index contributed by atoms with van der Waals surface area (Å²) in [5.74, 6) is -1.82. The molecule has 52 heavy (non-hydrogen) atoms. The number of alkyl halides is 3. The van der Waals surface area contributed by atoms with E-state index in [4.69, 9.17) is 53.4 Å². The van der Waals surface area contributed by atoms with Gasteiger partial charge >= 0.3 is 12.1 Å². The van der Waals surface area contributed by atoms with Gasteiger partial charge in [0.15, 0.2) is 8.32 Å². The van der Waals surface area contributed by atoms with Crippen LogP contribution in [0, 0.1) is 24.2 Å². The van der Waals surface area contributed by atoms with E-state index in [1.54, 1.807) is 38.2 Å². The molecule has 1 aromatic heterocycles. The van der Waals surface area contributed by atoms with E-state index in [0.717, 1.165) is 40.0 Å². The van der Waals surface area contributed by atoms with Crippen molar-refractivity contribution in [3.05, 3.63) is 58.1 Å². The first-order valence-corrected chi connectivity index (χ1v) is 22.6. The van der Waals surface area contributed by atoms with Crippen molar-refractivity contribution in [2.75, 3.05) is 6.61 Å². The molecular weight excluding hydrogens is 761 g/mol. The average molecular weight is 821 g/mol. The van der Waals surface area contributed by atoms with Crippen LogP contribution in [0.15, 0.2) is 47.4 Å². The Kier molecular flexibility index (Phi) is 20.7. The number of allylic oxidation sites excluding steroid dienone is 4. The minimum atomic E-state index is -2.36. The van der Waals surface area contributed by atoms with Crippen molar-refractivity contribution < 1.29 is 33.0 Å². The van der Waals surface area contributed by atoms with Crippen molar-refractivity contribution in [2.45, 2.75) is 136 Å². The number of Topliss-reactive ketones (excluding diaryl/α,β-unsaturated/α-hetero) is 1. The van der Waals surface area contributed by atoms with Crippen molar-refractivity contribution >= 4 is 78.4 Å². The molecule has 294 valence electrons. The number of aryl methyl sites for hydroxylation is 1. The van der Waals surface area contributed by atoms with E-state index in [2.05, 4.69) is 32.3 Å². The van der Waals surface area contributed by atoms with Gasteiger partial charge in [-0.2, -0.15) is 0 Å². The Morgan fingerprint density at radius 3 is 2.15 bits per heavy atom. The second kappa shape index (κ2) is 22.4. The Balaban J connectivity index is 3.56. The summed E-state index contributed by atoms with van der Waals surface area (Å²) in [6.45, 7) is 24.6. The normalized spacial score (nSPS) is 16.2. The zero-order chi connectivity index (χ0) is 39.9. The third-order valence-electron chi connectivity index (χ3n) is 9.59. The van der Waals surface area contributed by atoms with E-state index in [1.165, 1.54) is 0 Å². The number of carbonyl (C=O) groups excluding carboxylic acids is 3. The van der Waals surface area contributed by atoms with E-state index in [9.17, 15) is 14.4 Å². The maximum Gasteiger partial charge on any atom is 0.508 e. The number of rotatable bonds is 22. The van der Waals surface area contributed by atoms with E-state index in [1.807, 2.05) is 64.3 Å². The monoisotopic (exact) mass is 819 g/mol. The van der Waals surface area contributed by atoms with Crippen LogP contribution < -0.4 is 0 Å². The highest BCUT2D eigenvalue weighted by molar-refractivity contribution is 7.09. The summed E-state index contributed by atoms with van der Waals surface area (Å²) in [7, 11) is -2.36. The van der Waals surface area contributed by atoms with Gasteiger partial charge in [0.1, 0.15) is 24.6 Å². The number of halogens is 3. The Hall–Kier alpha value is -1.95. The van der Waals surface area contributed by atoms with Crippen LogP contribution in [0.1, 0.15) is 99.2 Å². The number of aromatic nitrogens is 1. The lowest BCUT2D eigenvalue weighted by Gasteiger charge is -2.42. The molecule has 0 radical (unpaired) electrons. The van der Waals surface area contributed by atoms with Crippen molar-refractivity contribution in [3.8, 4) is 0 Å². The first kappa shape index (κ1) is 48.1. The molecule has 1 aromatic rings. The summed E-state index contributed by atoms with van der Waals surface area (Å²) < 4.78 is 22.1. The Labute approximate surface area is 332 Å². The average Bonchev–Trinajstić information content (AvgIpc) is 3.49. The molecule has 0 amide bonds. The molecule has 1 rings (SSSR count). The smallest absolute Gasteiger partial charge is 0.457 e. The first-order valence-electron chi connectivity index (χ1n) is 18.0. The van der Waals surface area contributed by atoms with Gasteiger partial charge in [0.2, 0.25) is 3.79 Å². The predicted octanol–water partition coefficient (Wildman–Crippen LogP) is 11.8. The fourth-order valence-electron chi connectivity index (χ4n) is 6.12. The van der Waals surface area contributed by atoms with E-state index in [-0.39, 0.29) is 18.1 Å². The van der Waals surface area contributed by atoms with Crippen LogP contribution in [0.4, 0.5) is 4.79 Å². The topological polar surface area (TPSA) is 101 Å². The van der Waals surface area contributed by atoms with Crippen molar-refractivity contribution in [2.24, 2.45) is 17.3 Å². The molecule has 0 saturated heterocycles. The van der Waals surface area contributed by atoms with E-state index >= 15 is 0 Å². The molecule has 0 aliphatic carbocycles. The van der Waals surface area contributed by atoms with Gasteiger partial charge in [-0.25, -0.2) is 9.78 Å². The SMILES string of the molecule is C=CC[C@H](C)[C@H](OC(=O)OCC(Cl)(Cl)Cl)[C@@H](C)C(=O)C(C)(C)[C@H](CC(=O)O[C@@H](C/C=C(C)\C=C\C)/C(C)=C/c1csc(C)n1)O[Si](CC)(CC)CC. The zero-order valence-corrected chi connectivity index (χ0v) is 36.9. The molecule has 8 nitrogen and oxygen atoms in total. The molecule has 0 spiro atoms. The zero-order valence-electron chi connectivity index (χ0n) is 32.9. The molecule has 0 unspecified atom stereocenters. The third kappa shape index (κ3) is 15.8. The number of ketones is 1. The van der Waals surface area contributed by atoms with E-state index in [0.29, 0.717) is 12.8 Å². The summed E-state index contributed by atoms with van der Waals surface area (Å²) in [5, 5.41) is 2.91. The summed E-state index contributed by atoms with van der Waals surface area (Å²) in [6, 6.07) is 2.44. The van der Waals surface area contributed by atoms with Gasteiger partial charge in [-0.3, -0.25) is 9.59 Å². The van der Waals surface area contributed by atoms with Gasteiger partial charge in [0, 0.05) is 17.2 Å². The second-order valence-electron chi connectivity index (χ2n) is 14.0. The molecule has 0 saturated carbocycles. The number of nitrogens with zero attached hydrogens (tertiary/aromatic N) is 1. The standard InChI is InChI=1S/C39H60Cl3NO7SSi/c1-13-18-26(6)20-21-32(28(8)22-31-24-51-30(10)43-31)48-34(44)23-33(50-52(15-3,16-4)17-5)38(11,12)36(45)29(9)35(27(7)19-14-2)49-37(46)47-25-39(40,41)42/h13-14,18,20,22,24,27,29,32-33,35H,2,15-17,19,21,23,25H2,1,3-12H3/b18-13+,26-20-,28-22+/t27-,29+,32-,33-,35-/m0/s1. The molecule has 5 atom stereocenters. The van der Waals surface area contributed by atoms with Crippen LogP contribution in [0.3, 0.4) is 0 Å². The van der Waals surface area contributed by atoms with Crippen LogP contribution in [-0.4, -0.2) is 59.9 Å². The van der Waals surface area contributed by atoms with Gasteiger partial charge in [-0.15, -0.1) is 17.9 Å². The number of thiazole rings is 1. The lowest BCUT2D eigenvalue weighted by atomic mass is 9.73. The maximum atomic E-state index is 14.6. The highest BCUT2D eigenvalue weighted by atomic mass is 35.6. The number of carbonyl (C=O) groups is 3. The third-order valence-corrected chi connectivity index (χ3v) is 15.4. The quantitative estimate of drug-likeness (QED) is 0.0375. The highest BCUT2D eigenvalue weighted by Crippen LogP contribution is 2.38. The number of esters is 1. The minimum Gasteiger partial charge on any atom is -0.457 e. The van der Waals surface area contributed by atoms with Gasteiger partial charge < -0.3 is 18.6 Å². The van der Waals surface area contributed by atoms with Crippen molar-refractivity contribution in [1.82, 2.24) is 4.98 Å². The lowest BCUT2D eigenvalue weighted by Crippen LogP contribution is -2.52. The summed E-state index contributed by atoms with van der Waals surface area (Å²) in [4.78, 5) is 45.9. The number of hydrogen-bond donors (Lipinski definition) is 0. The van der Waals surface area contributed by atoms with Crippen LogP contribution >= 0.6 is 46.1 Å². The van der Waals surface area contributed by atoms with Gasteiger partial charge in [-0.05, 0) is 69.8 Å². The number of ether oxygens (including phenoxy) is 3. The molecule has 13 heteroatoms. The second-order valence-corrected chi connectivity index (χ2v) is 22.3. The van der Waals surface area contributed by atoms with Crippen LogP contribution in [0.25, 0.3) is 6.08 Å². The molecule has 1 heterocycles. The highest BCUT2D eigenvalue weighted by Gasteiger charge is 2.47. The van der Waals surface area contributed by atoms with Crippen LogP contribution in [0.2, 0.25) is 18.1 Å². The van der Waals surface area contributed by atoms with Gasteiger partial charge in [0.05, 0.1) is 29.1 Å². The summed E-state index contributed by atoms with van der Waals surface area (Å²) >= 11 is 18.8. The Morgan fingerprint density at radius 2 is 1.65 bits per heavy atom. The molecule has 0 aliphatic heterocycles. The van der Waals surface area contributed by atoms with Crippen molar-refractivity contribution in [3.63, 3.8) is 0 Å². The lowest BCUT2D eigenvalue weighted by molar-refractivity contribution is -0.153.